The molecule has 0 radical (unpaired) electrons. The summed E-state index contributed by atoms with van der Waals surface area (Å²) in [6.07, 6.45) is 4.53. The average molecular weight is 194 g/mol. The Labute approximate surface area is 87.3 Å². The summed E-state index contributed by atoms with van der Waals surface area (Å²) in [7, 11) is 0. The monoisotopic (exact) mass is 194 g/mol. The molecule has 2 saturated heterocycles. The summed E-state index contributed by atoms with van der Waals surface area (Å²) in [4.78, 5) is 5.41. The zero-order valence-electron chi connectivity index (χ0n) is 9.50. The largest absolute Gasteiger partial charge is 0.298 e. The van der Waals surface area contributed by atoms with Gasteiger partial charge in [-0.3, -0.25) is 9.80 Å². The minimum atomic E-state index is 0.743. The number of piperazine rings is 1. The van der Waals surface area contributed by atoms with Crippen LogP contribution in [0.2, 0.25) is 0 Å². The van der Waals surface area contributed by atoms with Crippen molar-refractivity contribution in [3.8, 4) is 0 Å². The molecule has 0 N–H and O–H groups in total. The van der Waals surface area contributed by atoms with Crippen molar-refractivity contribution in [2.24, 2.45) is 5.41 Å². The Balaban J connectivity index is 1.67. The van der Waals surface area contributed by atoms with Crippen LogP contribution in [0.25, 0.3) is 0 Å². The molecule has 14 heavy (non-hydrogen) atoms. The highest BCUT2D eigenvalue weighted by molar-refractivity contribution is 5.06. The standard InChI is InChI=1S/C12H22N2/c1-10(2)13-5-6-14-9-12(3-4-12)7-11(14)8-13/h10-11H,3-9H2,1-2H3/t11-/m0/s1. The van der Waals surface area contributed by atoms with Crippen molar-refractivity contribution >= 4 is 0 Å². The smallest absolute Gasteiger partial charge is 0.0229 e. The molecule has 3 aliphatic rings. The number of nitrogens with zero attached hydrogens (tertiary/aromatic N) is 2. The van der Waals surface area contributed by atoms with Crippen LogP contribution in [0.15, 0.2) is 0 Å². The lowest BCUT2D eigenvalue weighted by atomic mass is 10.0. The van der Waals surface area contributed by atoms with E-state index >= 15 is 0 Å². The molecular weight excluding hydrogens is 172 g/mol. The van der Waals surface area contributed by atoms with E-state index in [1.807, 2.05) is 0 Å². The van der Waals surface area contributed by atoms with E-state index < -0.39 is 0 Å². The fourth-order valence-electron chi connectivity index (χ4n) is 3.32. The lowest BCUT2D eigenvalue weighted by Crippen LogP contribution is -2.52. The Bertz CT molecular complexity index is 232. The van der Waals surface area contributed by atoms with Crippen molar-refractivity contribution < 1.29 is 0 Å². The van der Waals surface area contributed by atoms with Crippen molar-refractivity contribution in [3.05, 3.63) is 0 Å². The first kappa shape index (κ1) is 9.17. The van der Waals surface area contributed by atoms with Gasteiger partial charge in [-0.15, -0.1) is 0 Å². The number of fused-ring (bicyclic) bond motifs is 1. The van der Waals surface area contributed by atoms with Crippen LogP contribution in [-0.2, 0) is 0 Å². The third-order valence-electron chi connectivity index (χ3n) is 4.53. The first-order valence-electron chi connectivity index (χ1n) is 6.17. The average Bonchev–Trinajstić information content (AvgIpc) is 2.79. The SMILES string of the molecule is CC(C)N1CCN2CC3(CC3)C[C@H]2C1. The van der Waals surface area contributed by atoms with Crippen molar-refractivity contribution in [3.63, 3.8) is 0 Å². The zero-order chi connectivity index (χ0) is 9.76. The van der Waals surface area contributed by atoms with Gasteiger partial charge in [0.1, 0.15) is 0 Å². The maximum Gasteiger partial charge on any atom is 0.0229 e. The van der Waals surface area contributed by atoms with Crippen LogP contribution in [0.4, 0.5) is 0 Å². The maximum atomic E-state index is 2.76. The Kier molecular flexibility index (Phi) is 1.94. The van der Waals surface area contributed by atoms with Gasteiger partial charge in [0.05, 0.1) is 0 Å². The molecule has 0 unspecified atom stereocenters. The van der Waals surface area contributed by atoms with Crippen LogP contribution in [0.1, 0.15) is 33.1 Å². The summed E-state index contributed by atoms with van der Waals surface area (Å²) in [6, 6.07) is 1.64. The topological polar surface area (TPSA) is 6.48 Å². The quantitative estimate of drug-likeness (QED) is 0.625. The predicted octanol–water partition coefficient (Wildman–Crippen LogP) is 1.56. The third kappa shape index (κ3) is 1.40. The Morgan fingerprint density at radius 2 is 2.00 bits per heavy atom. The molecule has 3 fully saturated rings. The second-order valence-corrected chi connectivity index (χ2v) is 5.92. The number of hydrogen-bond acceptors (Lipinski definition) is 2. The molecule has 2 nitrogen and oxygen atoms in total. The van der Waals surface area contributed by atoms with Gasteiger partial charge in [0.25, 0.3) is 0 Å². The molecule has 3 rings (SSSR count). The van der Waals surface area contributed by atoms with Gasteiger partial charge in [0, 0.05) is 38.3 Å². The molecule has 1 saturated carbocycles. The van der Waals surface area contributed by atoms with E-state index in [0.717, 1.165) is 17.5 Å². The molecule has 0 aromatic heterocycles. The molecule has 0 aromatic carbocycles. The van der Waals surface area contributed by atoms with Crippen LogP contribution in [-0.4, -0.2) is 48.1 Å². The molecule has 2 heterocycles. The van der Waals surface area contributed by atoms with E-state index in [0.29, 0.717) is 0 Å². The summed E-state index contributed by atoms with van der Waals surface area (Å²) >= 11 is 0. The second kappa shape index (κ2) is 2.96. The Morgan fingerprint density at radius 1 is 1.21 bits per heavy atom. The molecule has 1 atom stereocenters. The maximum absolute atomic E-state index is 2.76. The third-order valence-corrected chi connectivity index (χ3v) is 4.53. The van der Waals surface area contributed by atoms with Gasteiger partial charge in [0.2, 0.25) is 0 Å². The minimum Gasteiger partial charge on any atom is -0.298 e. The van der Waals surface area contributed by atoms with Crippen molar-refractivity contribution in [1.29, 1.82) is 0 Å². The van der Waals surface area contributed by atoms with Crippen LogP contribution in [0, 0.1) is 5.41 Å². The normalized spacial score (nSPS) is 36.6. The van der Waals surface area contributed by atoms with E-state index in [4.69, 9.17) is 0 Å². The highest BCUT2D eigenvalue weighted by Gasteiger charge is 2.52. The summed E-state index contributed by atoms with van der Waals surface area (Å²) in [6.45, 7) is 10.0. The van der Waals surface area contributed by atoms with Gasteiger partial charge in [-0.2, -0.15) is 0 Å². The number of rotatable bonds is 1. The fourth-order valence-corrected chi connectivity index (χ4v) is 3.32. The zero-order valence-corrected chi connectivity index (χ0v) is 9.50. The molecule has 0 amide bonds. The van der Waals surface area contributed by atoms with Crippen LogP contribution in [0.3, 0.4) is 0 Å². The van der Waals surface area contributed by atoms with Crippen molar-refractivity contribution in [2.75, 3.05) is 26.2 Å². The number of hydrogen-bond donors (Lipinski definition) is 0. The molecule has 80 valence electrons. The first-order chi connectivity index (χ1) is 6.69. The van der Waals surface area contributed by atoms with E-state index in [-0.39, 0.29) is 0 Å². The van der Waals surface area contributed by atoms with Gasteiger partial charge < -0.3 is 0 Å². The van der Waals surface area contributed by atoms with Gasteiger partial charge in [0.15, 0.2) is 0 Å². The van der Waals surface area contributed by atoms with Gasteiger partial charge in [-0.1, -0.05) is 0 Å². The molecule has 0 aromatic rings. The fraction of sp³-hybridized carbons (Fsp3) is 1.00. The summed E-state index contributed by atoms with van der Waals surface area (Å²) in [5.41, 5.74) is 0.803. The van der Waals surface area contributed by atoms with Crippen LogP contribution < -0.4 is 0 Å². The summed E-state index contributed by atoms with van der Waals surface area (Å²) in [5, 5.41) is 0. The predicted molar refractivity (Wildman–Crippen MR) is 58.4 cm³/mol. The van der Waals surface area contributed by atoms with Crippen molar-refractivity contribution in [1.82, 2.24) is 9.80 Å². The van der Waals surface area contributed by atoms with E-state index in [2.05, 4.69) is 23.6 Å². The Hall–Kier alpha value is -0.0800. The van der Waals surface area contributed by atoms with Crippen molar-refractivity contribution in [2.45, 2.75) is 45.2 Å². The van der Waals surface area contributed by atoms with E-state index in [1.165, 1.54) is 45.4 Å². The Morgan fingerprint density at radius 3 is 2.64 bits per heavy atom. The highest BCUT2D eigenvalue weighted by Crippen LogP contribution is 2.55. The van der Waals surface area contributed by atoms with Gasteiger partial charge in [-0.05, 0) is 38.5 Å². The lowest BCUT2D eigenvalue weighted by molar-refractivity contribution is 0.0824. The lowest BCUT2D eigenvalue weighted by Gasteiger charge is -2.39. The molecule has 1 spiro atoms. The summed E-state index contributed by atoms with van der Waals surface area (Å²) in [5.74, 6) is 0. The van der Waals surface area contributed by atoms with E-state index in [1.54, 1.807) is 0 Å². The van der Waals surface area contributed by atoms with Crippen LogP contribution >= 0.6 is 0 Å². The molecule has 1 aliphatic carbocycles. The summed E-state index contributed by atoms with van der Waals surface area (Å²) < 4.78 is 0. The van der Waals surface area contributed by atoms with Gasteiger partial charge >= 0.3 is 0 Å². The first-order valence-corrected chi connectivity index (χ1v) is 6.17. The highest BCUT2D eigenvalue weighted by atomic mass is 15.3. The molecular formula is C12H22N2. The molecule has 2 aliphatic heterocycles. The molecule has 2 heteroatoms. The second-order valence-electron chi connectivity index (χ2n) is 5.92. The van der Waals surface area contributed by atoms with Crippen LogP contribution in [0.5, 0.6) is 0 Å². The van der Waals surface area contributed by atoms with Gasteiger partial charge in [-0.25, -0.2) is 0 Å². The molecule has 0 bridgehead atoms. The van der Waals surface area contributed by atoms with E-state index in [9.17, 15) is 0 Å². The minimum absolute atomic E-state index is 0.743.